The lowest BCUT2D eigenvalue weighted by Crippen LogP contribution is -2.66. The van der Waals surface area contributed by atoms with Gasteiger partial charge in [-0.2, -0.15) is 0 Å². The lowest BCUT2D eigenvalue weighted by molar-refractivity contribution is -0.000390. The van der Waals surface area contributed by atoms with Crippen molar-refractivity contribution < 1.29 is 0 Å². The molecule has 0 saturated carbocycles. The molecule has 3 N–H and O–H groups in total. The first-order valence-electron chi connectivity index (χ1n) is 4.74. The average Bonchev–Trinajstić information content (AvgIpc) is 2.18. The van der Waals surface area contributed by atoms with Gasteiger partial charge in [0.25, 0.3) is 0 Å². The minimum absolute atomic E-state index is 0.410. The average molecular weight is 170 g/mol. The minimum atomic E-state index is 0.410. The summed E-state index contributed by atoms with van der Waals surface area (Å²) in [5.41, 5.74) is 2.85. The van der Waals surface area contributed by atoms with Crippen molar-refractivity contribution in [1.29, 1.82) is 0 Å². The zero-order chi connectivity index (χ0) is 8.55. The zero-order valence-electron chi connectivity index (χ0n) is 7.66. The maximum absolute atomic E-state index is 5.44. The summed E-state index contributed by atoms with van der Waals surface area (Å²) >= 11 is 0. The van der Waals surface area contributed by atoms with Crippen LogP contribution in [-0.4, -0.2) is 54.6 Å². The first-order valence-corrected chi connectivity index (χ1v) is 4.74. The number of hydrazine groups is 1. The van der Waals surface area contributed by atoms with Crippen LogP contribution in [0.4, 0.5) is 0 Å². The molecule has 0 aromatic carbocycles. The van der Waals surface area contributed by atoms with Crippen molar-refractivity contribution in [2.75, 3.05) is 32.7 Å². The summed E-state index contributed by atoms with van der Waals surface area (Å²) in [6.07, 6.45) is 0. The van der Waals surface area contributed by atoms with Gasteiger partial charge in [-0.05, 0) is 6.92 Å². The first-order chi connectivity index (χ1) is 5.81. The number of nitrogens with one attached hydrogen (secondary N) is 1. The second kappa shape index (κ2) is 3.30. The Hall–Kier alpha value is -0.160. The Balaban J connectivity index is 1.99. The predicted octanol–water partition coefficient (Wildman–Crippen LogP) is -1.16. The van der Waals surface area contributed by atoms with Crippen molar-refractivity contribution in [3.8, 4) is 0 Å². The summed E-state index contributed by atoms with van der Waals surface area (Å²) < 4.78 is 0. The van der Waals surface area contributed by atoms with E-state index in [0.717, 1.165) is 0 Å². The fraction of sp³-hybridized carbons (Fsp3) is 1.00. The topological polar surface area (TPSA) is 44.5 Å². The first kappa shape index (κ1) is 8.44. The van der Waals surface area contributed by atoms with Gasteiger partial charge >= 0.3 is 0 Å². The van der Waals surface area contributed by atoms with Crippen molar-refractivity contribution >= 4 is 0 Å². The molecule has 2 bridgehead atoms. The maximum atomic E-state index is 5.44. The van der Waals surface area contributed by atoms with E-state index in [0.29, 0.717) is 12.1 Å². The Morgan fingerprint density at radius 2 is 2.00 bits per heavy atom. The van der Waals surface area contributed by atoms with Gasteiger partial charge in [0.2, 0.25) is 0 Å². The van der Waals surface area contributed by atoms with Gasteiger partial charge < -0.3 is 0 Å². The third kappa shape index (κ3) is 1.35. The summed E-state index contributed by atoms with van der Waals surface area (Å²) in [7, 11) is 0. The molecule has 4 nitrogen and oxygen atoms in total. The van der Waals surface area contributed by atoms with Crippen LogP contribution < -0.4 is 11.3 Å². The molecule has 3 fully saturated rings. The molecule has 0 aliphatic carbocycles. The Morgan fingerprint density at radius 1 is 1.33 bits per heavy atom. The summed E-state index contributed by atoms with van der Waals surface area (Å²) in [5.74, 6) is 5.44. The smallest absolute Gasteiger partial charge is 0.0388 e. The molecule has 12 heavy (non-hydrogen) atoms. The Kier molecular flexibility index (Phi) is 2.32. The second-order valence-corrected chi connectivity index (χ2v) is 3.86. The molecule has 2 unspecified atom stereocenters. The van der Waals surface area contributed by atoms with E-state index in [1.165, 1.54) is 32.7 Å². The van der Waals surface area contributed by atoms with E-state index < -0.39 is 0 Å². The van der Waals surface area contributed by atoms with E-state index in [9.17, 15) is 0 Å². The van der Waals surface area contributed by atoms with Crippen molar-refractivity contribution in [2.45, 2.75) is 19.0 Å². The Labute approximate surface area is 73.7 Å². The lowest BCUT2D eigenvalue weighted by Gasteiger charge is -2.49. The van der Waals surface area contributed by atoms with Gasteiger partial charge in [-0.25, -0.2) is 0 Å². The van der Waals surface area contributed by atoms with Gasteiger partial charge in [0.05, 0.1) is 0 Å². The van der Waals surface area contributed by atoms with Crippen LogP contribution in [0.5, 0.6) is 0 Å². The Morgan fingerprint density at radius 3 is 2.42 bits per heavy atom. The Bertz CT molecular complexity index is 153. The van der Waals surface area contributed by atoms with E-state index >= 15 is 0 Å². The van der Waals surface area contributed by atoms with E-state index in [4.69, 9.17) is 5.84 Å². The van der Waals surface area contributed by atoms with Crippen LogP contribution in [0.2, 0.25) is 0 Å². The summed E-state index contributed by atoms with van der Waals surface area (Å²) in [5, 5.41) is 0. The summed E-state index contributed by atoms with van der Waals surface area (Å²) in [4.78, 5) is 5.07. The van der Waals surface area contributed by atoms with Gasteiger partial charge in [0.1, 0.15) is 0 Å². The van der Waals surface area contributed by atoms with Gasteiger partial charge in [0.15, 0.2) is 0 Å². The molecule has 0 aromatic rings. The quantitative estimate of drug-likeness (QED) is 0.405. The standard InChI is InChI=1S/C8H18N4/c1-7(10-9)8-6-11-2-4-12(8)5-3-11/h7-8,10H,2-6,9H2,1H3. The van der Waals surface area contributed by atoms with Crippen LogP contribution in [-0.2, 0) is 0 Å². The van der Waals surface area contributed by atoms with Crippen molar-refractivity contribution in [2.24, 2.45) is 5.84 Å². The van der Waals surface area contributed by atoms with Crippen LogP contribution >= 0.6 is 0 Å². The number of nitrogens with zero attached hydrogens (tertiary/aromatic N) is 2. The minimum Gasteiger partial charge on any atom is -0.299 e. The lowest BCUT2D eigenvalue weighted by atomic mass is 10.0. The molecule has 0 aromatic heterocycles. The molecule has 70 valence electrons. The van der Waals surface area contributed by atoms with E-state index in [1.807, 2.05) is 0 Å². The third-order valence-electron chi connectivity index (χ3n) is 3.16. The molecule has 3 heterocycles. The normalized spacial score (nSPS) is 43.0. The zero-order valence-corrected chi connectivity index (χ0v) is 7.66. The molecule has 0 radical (unpaired) electrons. The van der Waals surface area contributed by atoms with Gasteiger partial charge in [-0.3, -0.25) is 21.1 Å². The number of nitrogens with two attached hydrogens (primary N) is 1. The summed E-state index contributed by atoms with van der Waals surface area (Å²) in [6, 6.07) is 1.03. The molecule has 3 aliphatic heterocycles. The molecule has 4 heteroatoms. The van der Waals surface area contributed by atoms with Gasteiger partial charge in [-0.15, -0.1) is 0 Å². The predicted molar refractivity (Wildman–Crippen MR) is 48.6 cm³/mol. The molecule has 0 amide bonds. The summed E-state index contributed by atoms with van der Waals surface area (Å²) in [6.45, 7) is 8.27. The number of hydrogen-bond acceptors (Lipinski definition) is 4. The van der Waals surface area contributed by atoms with Crippen LogP contribution in [0.15, 0.2) is 0 Å². The van der Waals surface area contributed by atoms with Gasteiger partial charge in [0, 0.05) is 44.8 Å². The monoisotopic (exact) mass is 170 g/mol. The number of hydrogen-bond donors (Lipinski definition) is 2. The van der Waals surface area contributed by atoms with Crippen molar-refractivity contribution in [3.05, 3.63) is 0 Å². The molecule has 3 saturated heterocycles. The highest BCUT2D eigenvalue weighted by Crippen LogP contribution is 2.17. The molecular formula is C8H18N4. The second-order valence-electron chi connectivity index (χ2n) is 3.86. The molecule has 2 atom stereocenters. The molecular weight excluding hydrogens is 152 g/mol. The highest BCUT2D eigenvalue weighted by molar-refractivity contribution is 4.92. The van der Waals surface area contributed by atoms with Crippen LogP contribution in [0.25, 0.3) is 0 Å². The van der Waals surface area contributed by atoms with Crippen LogP contribution in [0, 0.1) is 0 Å². The fourth-order valence-electron chi connectivity index (χ4n) is 2.24. The van der Waals surface area contributed by atoms with Gasteiger partial charge in [-0.1, -0.05) is 0 Å². The highest BCUT2D eigenvalue weighted by atomic mass is 15.4. The number of rotatable bonds is 2. The maximum Gasteiger partial charge on any atom is 0.0388 e. The van der Waals surface area contributed by atoms with Crippen LogP contribution in [0.1, 0.15) is 6.92 Å². The van der Waals surface area contributed by atoms with E-state index in [-0.39, 0.29) is 0 Å². The van der Waals surface area contributed by atoms with E-state index in [2.05, 4.69) is 22.1 Å². The van der Waals surface area contributed by atoms with Crippen molar-refractivity contribution in [1.82, 2.24) is 15.2 Å². The SMILES string of the molecule is CC(NN)C1CN2CCN1CC2. The largest absolute Gasteiger partial charge is 0.299 e. The number of fused-ring (bicyclic) bond motifs is 3. The molecule has 0 spiro atoms. The molecule has 3 aliphatic rings. The third-order valence-corrected chi connectivity index (χ3v) is 3.16. The molecule has 3 rings (SSSR count). The highest BCUT2D eigenvalue weighted by Gasteiger charge is 2.34. The van der Waals surface area contributed by atoms with Crippen LogP contribution in [0.3, 0.4) is 0 Å². The number of piperazine rings is 3. The van der Waals surface area contributed by atoms with Crippen molar-refractivity contribution in [3.63, 3.8) is 0 Å². The fourth-order valence-corrected chi connectivity index (χ4v) is 2.24. The van der Waals surface area contributed by atoms with E-state index in [1.54, 1.807) is 0 Å².